The molecule has 146 valence electrons. The zero-order chi connectivity index (χ0) is 19.5. The highest BCUT2D eigenvalue weighted by atomic mass is 16.5. The first-order chi connectivity index (χ1) is 13.7. The number of ether oxygens (including phenoxy) is 1. The lowest BCUT2D eigenvalue weighted by Gasteiger charge is -2.35. The van der Waals surface area contributed by atoms with Crippen LogP contribution in [0.3, 0.4) is 0 Å². The van der Waals surface area contributed by atoms with Crippen molar-refractivity contribution in [3.05, 3.63) is 59.7 Å². The Labute approximate surface area is 163 Å². The van der Waals surface area contributed by atoms with Crippen LogP contribution in [-0.4, -0.2) is 45.5 Å². The summed E-state index contributed by atoms with van der Waals surface area (Å²) in [7, 11) is 1.64. The van der Waals surface area contributed by atoms with E-state index in [9.17, 15) is 9.90 Å². The van der Waals surface area contributed by atoms with Gasteiger partial charge in [0, 0.05) is 31.2 Å². The molecule has 0 spiro atoms. The highest BCUT2D eigenvalue weighted by Crippen LogP contribution is 2.36. The fourth-order valence-corrected chi connectivity index (χ4v) is 3.83. The highest BCUT2D eigenvalue weighted by Gasteiger charge is 2.35. The molecule has 0 unspecified atom stereocenters. The summed E-state index contributed by atoms with van der Waals surface area (Å²) >= 11 is 0. The number of hydrogen-bond donors (Lipinski definition) is 2. The van der Waals surface area contributed by atoms with Crippen molar-refractivity contribution < 1.29 is 14.6 Å². The Morgan fingerprint density at radius 1 is 1.21 bits per heavy atom. The fourth-order valence-electron chi connectivity index (χ4n) is 3.83. The molecule has 1 aliphatic carbocycles. The van der Waals surface area contributed by atoms with Crippen LogP contribution in [0.4, 0.5) is 0 Å². The molecule has 0 atom stereocenters. The summed E-state index contributed by atoms with van der Waals surface area (Å²) in [4.78, 5) is 12.8. The number of amides is 1. The van der Waals surface area contributed by atoms with Crippen molar-refractivity contribution in [3.8, 4) is 0 Å². The van der Waals surface area contributed by atoms with E-state index in [0.29, 0.717) is 24.5 Å². The van der Waals surface area contributed by atoms with Crippen LogP contribution in [0.2, 0.25) is 0 Å². The van der Waals surface area contributed by atoms with Gasteiger partial charge in [0.05, 0.1) is 6.61 Å². The van der Waals surface area contributed by atoms with Gasteiger partial charge in [-0.2, -0.15) is 0 Å². The molecule has 4 rings (SSSR count). The molecule has 28 heavy (non-hydrogen) atoms. The summed E-state index contributed by atoms with van der Waals surface area (Å²) < 4.78 is 7.07. The summed E-state index contributed by atoms with van der Waals surface area (Å²) in [5, 5.41) is 23.0. The van der Waals surface area contributed by atoms with E-state index in [1.165, 1.54) is 0 Å². The van der Waals surface area contributed by atoms with Crippen molar-refractivity contribution in [3.63, 3.8) is 0 Å². The second-order valence-corrected chi connectivity index (χ2v) is 7.14. The van der Waals surface area contributed by atoms with Crippen molar-refractivity contribution in [2.45, 2.75) is 38.0 Å². The van der Waals surface area contributed by atoms with Crippen molar-refractivity contribution in [2.75, 3.05) is 13.7 Å². The van der Waals surface area contributed by atoms with E-state index in [2.05, 4.69) is 15.5 Å². The van der Waals surface area contributed by atoms with Crippen molar-refractivity contribution in [1.82, 2.24) is 20.1 Å². The normalized spacial score (nSPS) is 18.8. The van der Waals surface area contributed by atoms with Gasteiger partial charge < -0.3 is 19.7 Å². The number of methoxy groups -OCH3 is 1. The third kappa shape index (κ3) is 3.50. The molecule has 1 saturated carbocycles. The first-order valence-corrected chi connectivity index (χ1v) is 9.51. The van der Waals surface area contributed by atoms with E-state index in [-0.39, 0.29) is 24.5 Å². The van der Waals surface area contributed by atoms with Crippen LogP contribution < -0.4 is 5.32 Å². The lowest BCUT2D eigenvalue weighted by atomic mass is 9.79. The minimum atomic E-state index is -0.148. The molecular formula is C21H24N4O3. The molecule has 0 bridgehead atoms. The van der Waals surface area contributed by atoms with Crippen LogP contribution in [-0.2, 0) is 17.9 Å². The van der Waals surface area contributed by atoms with E-state index in [4.69, 9.17) is 4.74 Å². The van der Waals surface area contributed by atoms with E-state index < -0.39 is 0 Å². The van der Waals surface area contributed by atoms with Crippen LogP contribution in [0, 0.1) is 0 Å². The van der Waals surface area contributed by atoms with Crippen LogP contribution in [0.15, 0.2) is 42.5 Å². The number of hydrogen-bond acceptors (Lipinski definition) is 5. The van der Waals surface area contributed by atoms with E-state index in [1.54, 1.807) is 7.11 Å². The Bertz CT molecular complexity index is 973. The Morgan fingerprint density at radius 3 is 2.79 bits per heavy atom. The van der Waals surface area contributed by atoms with Gasteiger partial charge in [-0.15, -0.1) is 10.2 Å². The third-order valence-electron chi connectivity index (χ3n) is 5.39. The SMILES string of the molecule is COCCn1c(CO)nnc1C1CC(NC(=O)c2cccc3ccccc23)C1. The number of aromatic nitrogens is 3. The van der Waals surface area contributed by atoms with E-state index in [0.717, 1.165) is 29.4 Å². The van der Waals surface area contributed by atoms with Crippen LogP contribution >= 0.6 is 0 Å². The molecule has 0 aliphatic heterocycles. The van der Waals surface area contributed by atoms with E-state index in [1.807, 2.05) is 47.0 Å². The zero-order valence-electron chi connectivity index (χ0n) is 15.8. The first-order valence-electron chi connectivity index (χ1n) is 9.51. The number of aliphatic hydroxyl groups is 1. The minimum Gasteiger partial charge on any atom is -0.388 e. The van der Waals surface area contributed by atoms with Gasteiger partial charge in [-0.05, 0) is 29.7 Å². The monoisotopic (exact) mass is 380 g/mol. The fraction of sp³-hybridized carbons (Fsp3) is 0.381. The molecule has 1 heterocycles. The summed E-state index contributed by atoms with van der Waals surface area (Å²) in [5.74, 6) is 1.59. The average molecular weight is 380 g/mol. The van der Waals surface area contributed by atoms with Crippen LogP contribution in [0.1, 0.15) is 40.8 Å². The Morgan fingerprint density at radius 2 is 2.00 bits per heavy atom. The molecule has 7 heteroatoms. The molecule has 1 amide bonds. The van der Waals surface area contributed by atoms with Crippen molar-refractivity contribution in [2.24, 2.45) is 0 Å². The maximum Gasteiger partial charge on any atom is 0.252 e. The van der Waals surface area contributed by atoms with E-state index >= 15 is 0 Å². The number of nitrogens with one attached hydrogen (secondary N) is 1. The zero-order valence-corrected chi connectivity index (χ0v) is 15.8. The lowest BCUT2D eigenvalue weighted by Crippen LogP contribution is -2.44. The Hall–Kier alpha value is -2.77. The van der Waals surface area contributed by atoms with Gasteiger partial charge in [-0.1, -0.05) is 36.4 Å². The second kappa shape index (κ2) is 8.08. The summed E-state index contributed by atoms with van der Waals surface area (Å²) in [6.45, 7) is 0.995. The van der Waals surface area contributed by atoms with Gasteiger partial charge in [0.15, 0.2) is 5.82 Å². The highest BCUT2D eigenvalue weighted by molar-refractivity contribution is 6.07. The van der Waals surface area contributed by atoms with Crippen molar-refractivity contribution in [1.29, 1.82) is 0 Å². The number of carbonyl (C=O) groups excluding carboxylic acids is 1. The van der Waals surface area contributed by atoms with Gasteiger partial charge >= 0.3 is 0 Å². The summed E-state index contributed by atoms with van der Waals surface area (Å²) in [6, 6.07) is 13.8. The van der Waals surface area contributed by atoms with Crippen molar-refractivity contribution >= 4 is 16.7 Å². The number of rotatable bonds is 7. The largest absolute Gasteiger partial charge is 0.388 e. The lowest BCUT2D eigenvalue weighted by molar-refractivity contribution is 0.0908. The van der Waals surface area contributed by atoms with Crippen LogP contribution in [0.5, 0.6) is 0 Å². The molecule has 1 aliphatic rings. The summed E-state index contributed by atoms with van der Waals surface area (Å²) in [5.41, 5.74) is 0.701. The molecule has 0 radical (unpaired) electrons. The molecule has 1 fully saturated rings. The topological polar surface area (TPSA) is 89.3 Å². The molecule has 7 nitrogen and oxygen atoms in total. The molecule has 1 aromatic heterocycles. The molecule has 0 saturated heterocycles. The maximum atomic E-state index is 12.8. The minimum absolute atomic E-state index is 0.0443. The number of benzene rings is 2. The quantitative estimate of drug-likeness (QED) is 0.656. The first kappa shape index (κ1) is 18.6. The number of nitrogens with zero attached hydrogens (tertiary/aromatic N) is 3. The summed E-state index contributed by atoms with van der Waals surface area (Å²) in [6.07, 6.45) is 1.63. The number of fused-ring (bicyclic) bond motifs is 1. The Kier molecular flexibility index (Phi) is 5.36. The average Bonchev–Trinajstić information content (AvgIpc) is 3.10. The van der Waals surface area contributed by atoms with Gasteiger partial charge in [-0.3, -0.25) is 4.79 Å². The predicted molar refractivity (Wildman–Crippen MR) is 105 cm³/mol. The molecular weight excluding hydrogens is 356 g/mol. The number of carbonyl (C=O) groups is 1. The molecule has 2 aromatic carbocycles. The number of aliphatic hydroxyl groups excluding tert-OH is 1. The second-order valence-electron chi connectivity index (χ2n) is 7.14. The van der Waals surface area contributed by atoms with Gasteiger partial charge in [0.2, 0.25) is 0 Å². The third-order valence-corrected chi connectivity index (χ3v) is 5.39. The smallest absolute Gasteiger partial charge is 0.252 e. The standard InChI is InChI=1S/C21H24N4O3/c1-28-10-9-25-19(13-26)23-24-20(25)15-11-16(12-15)22-21(27)18-8-4-6-14-5-2-3-7-17(14)18/h2-8,15-16,26H,9-13H2,1H3,(H,22,27). The van der Waals surface area contributed by atoms with Gasteiger partial charge in [0.1, 0.15) is 12.4 Å². The van der Waals surface area contributed by atoms with Crippen LogP contribution in [0.25, 0.3) is 10.8 Å². The van der Waals surface area contributed by atoms with Gasteiger partial charge in [0.25, 0.3) is 5.91 Å². The molecule has 3 aromatic rings. The maximum absolute atomic E-state index is 12.8. The van der Waals surface area contributed by atoms with Gasteiger partial charge in [-0.25, -0.2) is 0 Å². The Balaban J connectivity index is 1.42. The predicted octanol–water partition coefficient (Wildman–Crippen LogP) is 2.25. The molecule has 2 N–H and O–H groups in total.